The summed E-state index contributed by atoms with van der Waals surface area (Å²) < 4.78 is 63.6. The van der Waals surface area contributed by atoms with Gasteiger partial charge in [0, 0.05) is 24.6 Å². The Labute approximate surface area is 272 Å². The van der Waals surface area contributed by atoms with Crippen molar-refractivity contribution in [3.8, 4) is 17.4 Å². The number of sulfonamides is 1. The molecule has 1 aromatic heterocycles. The number of carbonyl (C=O) groups is 2. The van der Waals surface area contributed by atoms with Gasteiger partial charge in [-0.25, -0.2) is 31.3 Å². The zero-order chi connectivity index (χ0) is 33.6. The number of pyridine rings is 1. The van der Waals surface area contributed by atoms with Gasteiger partial charge in [0.2, 0.25) is 21.8 Å². The van der Waals surface area contributed by atoms with Crippen molar-refractivity contribution in [2.45, 2.75) is 54.0 Å². The molecule has 47 heavy (non-hydrogen) atoms. The minimum Gasteiger partial charge on any atom is -0.490 e. The largest absolute Gasteiger partial charge is 0.490 e. The molecule has 246 valence electrons. The van der Waals surface area contributed by atoms with Gasteiger partial charge in [-0.1, -0.05) is 18.2 Å². The van der Waals surface area contributed by atoms with Gasteiger partial charge in [0.25, 0.3) is 0 Å². The van der Waals surface area contributed by atoms with Crippen molar-refractivity contribution in [2.24, 2.45) is 0 Å². The van der Waals surface area contributed by atoms with Crippen molar-refractivity contribution >= 4 is 37.4 Å². The highest BCUT2D eigenvalue weighted by atomic mass is 32.2. The van der Waals surface area contributed by atoms with Gasteiger partial charge in [0.15, 0.2) is 9.84 Å². The van der Waals surface area contributed by atoms with Gasteiger partial charge in [-0.05, 0) is 91.9 Å². The van der Waals surface area contributed by atoms with Crippen LogP contribution in [0.25, 0.3) is 0 Å². The molecule has 12 nitrogen and oxygen atoms in total. The number of carboxylic acid groups (broad SMARTS) is 1. The molecule has 5 rings (SSSR count). The Morgan fingerprint density at radius 3 is 2.09 bits per heavy atom. The summed E-state index contributed by atoms with van der Waals surface area (Å²) in [6.45, 7) is 0. The number of rotatable bonds is 12. The van der Waals surface area contributed by atoms with Crippen LogP contribution in [0.4, 0.5) is 5.69 Å². The molecule has 1 saturated carbocycles. The van der Waals surface area contributed by atoms with Gasteiger partial charge < -0.3 is 19.9 Å². The molecular formula is C33H33N3O9S2. The van der Waals surface area contributed by atoms with E-state index >= 15 is 0 Å². The molecule has 0 aliphatic heterocycles. The van der Waals surface area contributed by atoms with Gasteiger partial charge in [-0.2, -0.15) is 0 Å². The average molecular weight is 680 g/mol. The van der Waals surface area contributed by atoms with Gasteiger partial charge in [-0.15, -0.1) is 0 Å². The molecule has 0 spiro atoms. The standard InChI is InChI=1S/C33H33N3O9S2/c1-46(40,41)27-15-17-28(18-16-27)47(42,43)36-23-7-9-24(10-8-23)44-25-11-13-26(14-12-25)45-32-19-6-22(21-34-32)20-31(37)35-30-5-3-2-4-29(30)33(38)39/h2-6,11-19,21,23-24,36H,7-10,20H2,1H3,(H,35,37)(H,38,39). The maximum atomic E-state index is 12.8. The molecule has 0 unspecified atom stereocenters. The highest BCUT2D eigenvalue weighted by Crippen LogP contribution is 2.28. The van der Waals surface area contributed by atoms with Crippen LogP contribution >= 0.6 is 0 Å². The Balaban J connectivity index is 1.07. The molecule has 0 radical (unpaired) electrons. The van der Waals surface area contributed by atoms with Crippen molar-refractivity contribution in [1.82, 2.24) is 9.71 Å². The molecule has 1 amide bonds. The van der Waals surface area contributed by atoms with Gasteiger partial charge in [0.1, 0.15) is 11.5 Å². The number of ether oxygens (including phenoxy) is 2. The molecule has 3 N–H and O–H groups in total. The second-order valence-corrected chi connectivity index (χ2v) is 14.8. The van der Waals surface area contributed by atoms with Crippen LogP contribution in [0.3, 0.4) is 0 Å². The Morgan fingerprint density at radius 1 is 0.830 bits per heavy atom. The predicted octanol–water partition coefficient (Wildman–Crippen LogP) is 4.83. The van der Waals surface area contributed by atoms with Crippen LogP contribution in [0.2, 0.25) is 0 Å². The summed E-state index contributed by atoms with van der Waals surface area (Å²) in [5.74, 6) is -0.00603. The summed E-state index contributed by atoms with van der Waals surface area (Å²) in [6, 6.07) is 21.4. The molecule has 14 heteroatoms. The normalized spacial score (nSPS) is 16.6. The number of hydrogen-bond acceptors (Lipinski definition) is 9. The van der Waals surface area contributed by atoms with Gasteiger partial charge in [-0.3, -0.25) is 4.79 Å². The second-order valence-electron chi connectivity index (χ2n) is 11.1. The number of nitrogens with one attached hydrogen (secondary N) is 2. The van der Waals surface area contributed by atoms with E-state index in [2.05, 4.69) is 15.0 Å². The maximum Gasteiger partial charge on any atom is 0.337 e. The minimum atomic E-state index is -3.79. The van der Waals surface area contributed by atoms with Crippen LogP contribution in [0, 0.1) is 0 Å². The highest BCUT2D eigenvalue weighted by Gasteiger charge is 2.27. The smallest absolute Gasteiger partial charge is 0.337 e. The predicted molar refractivity (Wildman–Crippen MR) is 173 cm³/mol. The number of aromatic carboxylic acids is 1. The van der Waals surface area contributed by atoms with E-state index in [-0.39, 0.29) is 45.5 Å². The fourth-order valence-electron chi connectivity index (χ4n) is 5.09. The number of benzene rings is 3. The maximum absolute atomic E-state index is 12.8. The Morgan fingerprint density at radius 2 is 1.47 bits per heavy atom. The van der Waals surface area contributed by atoms with Crippen molar-refractivity contribution in [3.63, 3.8) is 0 Å². The lowest BCUT2D eigenvalue weighted by atomic mass is 9.94. The number of amides is 1. The third kappa shape index (κ3) is 9.15. The number of carboxylic acids is 1. The first kappa shape index (κ1) is 33.6. The van der Waals surface area contributed by atoms with Crippen molar-refractivity contribution in [2.75, 3.05) is 11.6 Å². The minimum absolute atomic E-state index is 0.00213. The Bertz CT molecular complexity index is 1940. The molecule has 0 saturated heterocycles. The van der Waals surface area contributed by atoms with Crippen molar-refractivity contribution in [3.05, 3.63) is 102 Å². The molecule has 1 heterocycles. The lowest BCUT2D eigenvalue weighted by Gasteiger charge is -2.29. The zero-order valence-electron chi connectivity index (χ0n) is 25.3. The average Bonchev–Trinajstić information content (AvgIpc) is 3.03. The summed E-state index contributed by atoms with van der Waals surface area (Å²) in [4.78, 5) is 28.1. The number of anilines is 1. The summed E-state index contributed by atoms with van der Waals surface area (Å²) in [7, 11) is -7.21. The number of hydrogen-bond donors (Lipinski definition) is 3. The summed E-state index contributed by atoms with van der Waals surface area (Å²) >= 11 is 0. The summed E-state index contributed by atoms with van der Waals surface area (Å²) in [5, 5.41) is 11.9. The van der Waals surface area contributed by atoms with Crippen LogP contribution in [0.15, 0.2) is 101 Å². The van der Waals surface area contributed by atoms with E-state index in [9.17, 15) is 31.5 Å². The van der Waals surface area contributed by atoms with Crippen LogP contribution in [0.5, 0.6) is 17.4 Å². The summed E-state index contributed by atoms with van der Waals surface area (Å²) in [5.41, 5.74) is 0.849. The zero-order valence-corrected chi connectivity index (χ0v) is 27.0. The van der Waals surface area contributed by atoms with Crippen molar-refractivity contribution in [1.29, 1.82) is 0 Å². The second kappa shape index (κ2) is 14.3. The number of nitrogens with zero attached hydrogens (tertiary/aromatic N) is 1. The topological polar surface area (TPSA) is 178 Å². The van der Waals surface area contributed by atoms with E-state index in [1.54, 1.807) is 48.5 Å². The van der Waals surface area contributed by atoms with Crippen LogP contribution in [-0.4, -0.2) is 57.2 Å². The number of para-hydroxylation sites is 1. The third-order valence-electron chi connectivity index (χ3n) is 7.50. The van der Waals surface area contributed by atoms with E-state index in [0.717, 1.165) is 6.26 Å². The first-order chi connectivity index (χ1) is 22.4. The lowest BCUT2D eigenvalue weighted by Crippen LogP contribution is -2.39. The fraction of sp³-hybridized carbons (Fsp3) is 0.242. The monoisotopic (exact) mass is 679 g/mol. The molecule has 0 atom stereocenters. The van der Waals surface area contributed by atoms with Crippen LogP contribution in [0.1, 0.15) is 41.6 Å². The Hall–Kier alpha value is -4.79. The molecule has 1 fully saturated rings. The third-order valence-corrected chi connectivity index (χ3v) is 10.2. The SMILES string of the molecule is CS(=O)(=O)c1ccc(S(=O)(=O)NC2CCC(Oc3ccc(Oc4ccc(CC(=O)Nc5ccccc5C(=O)O)cn4)cc3)CC2)cc1. The molecule has 0 bridgehead atoms. The van der Waals surface area contributed by atoms with Crippen LogP contribution < -0.4 is 19.5 Å². The Kier molecular flexibility index (Phi) is 10.2. The molecule has 1 aliphatic rings. The van der Waals surface area contributed by atoms with Gasteiger partial charge in [0.05, 0.1) is 33.6 Å². The molecule has 4 aromatic rings. The van der Waals surface area contributed by atoms with Crippen LogP contribution in [-0.2, 0) is 31.1 Å². The molecule has 1 aliphatic carbocycles. The summed E-state index contributed by atoms with van der Waals surface area (Å²) in [6.07, 6.45) is 4.98. The lowest BCUT2D eigenvalue weighted by molar-refractivity contribution is -0.115. The highest BCUT2D eigenvalue weighted by molar-refractivity contribution is 7.90. The van der Waals surface area contributed by atoms with E-state index in [1.807, 2.05) is 0 Å². The van der Waals surface area contributed by atoms with E-state index in [1.165, 1.54) is 42.6 Å². The first-order valence-corrected chi connectivity index (χ1v) is 18.1. The fourth-order valence-corrected chi connectivity index (χ4v) is 7.02. The van der Waals surface area contributed by atoms with Gasteiger partial charge >= 0.3 is 5.97 Å². The van der Waals surface area contributed by atoms with E-state index < -0.39 is 25.8 Å². The van der Waals surface area contributed by atoms with E-state index in [4.69, 9.17) is 9.47 Å². The number of carbonyl (C=O) groups excluding carboxylic acids is 1. The first-order valence-electron chi connectivity index (χ1n) is 14.7. The van der Waals surface area contributed by atoms with E-state index in [0.29, 0.717) is 48.6 Å². The molecule has 3 aromatic carbocycles. The van der Waals surface area contributed by atoms with Crippen molar-refractivity contribution < 1.29 is 41.0 Å². The number of sulfone groups is 1. The number of aromatic nitrogens is 1. The molecular weight excluding hydrogens is 647 g/mol. The quantitative estimate of drug-likeness (QED) is 0.188.